The molecular formula is C20H42NO2+. The Hall–Kier alpha value is -0.570. The largest absolute Gasteiger partial charge is 0.477 e. The molecule has 3 heteroatoms. The van der Waals surface area contributed by atoms with E-state index < -0.39 is 5.97 Å². The van der Waals surface area contributed by atoms with Crippen LogP contribution in [0.15, 0.2) is 0 Å². The highest BCUT2D eigenvalue weighted by atomic mass is 16.4. The number of quaternary nitrogens is 1. The summed E-state index contributed by atoms with van der Waals surface area (Å²) in [6.07, 6.45) is 14.3. The maximum Gasteiger partial charge on any atom is 0.363 e. The highest BCUT2D eigenvalue weighted by Gasteiger charge is 2.44. The predicted molar refractivity (Wildman–Crippen MR) is 99.7 cm³/mol. The first-order valence-corrected chi connectivity index (χ1v) is 9.67. The fraction of sp³-hybridized carbons (Fsp3) is 0.950. The number of carbonyl (C=O) groups is 1. The Kier molecular flexibility index (Phi) is 10.8. The number of likely N-dealkylation sites (N-methyl/N-ethyl adjacent to an activating group) is 1. The van der Waals surface area contributed by atoms with Crippen molar-refractivity contribution in [2.45, 2.75) is 97.4 Å². The van der Waals surface area contributed by atoms with Crippen molar-refractivity contribution in [3.8, 4) is 0 Å². The van der Waals surface area contributed by atoms with Crippen LogP contribution in [0.4, 0.5) is 0 Å². The lowest BCUT2D eigenvalue weighted by atomic mass is 9.78. The van der Waals surface area contributed by atoms with E-state index in [2.05, 4.69) is 20.8 Å². The number of aliphatic carboxylic acids is 1. The summed E-state index contributed by atoms with van der Waals surface area (Å²) in [6.45, 7) is 6.49. The molecule has 0 fully saturated rings. The minimum Gasteiger partial charge on any atom is -0.477 e. The van der Waals surface area contributed by atoms with Gasteiger partial charge in [0.15, 0.2) is 6.04 Å². The Balaban J connectivity index is 3.91. The molecule has 1 atom stereocenters. The summed E-state index contributed by atoms with van der Waals surface area (Å²) in [7, 11) is 5.96. The van der Waals surface area contributed by atoms with Gasteiger partial charge < -0.3 is 9.59 Å². The summed E-state index contributed by atoms with van der Waals surface area (Å²) in [6, 6.07) is -0.346. The molecule has 0 aromatic heterocycles. The van der Waals surface area contributed by atoms with Crippen molar-refractivity contribution in [2.24, 2.45) is 5.41 Å². The van der Waals surface area contributed by atoms with Gasteiger partial charge in [-0.2, -0.15) is 0 Å². The molecule has 0 bridgehead atoms. The van der Waals surface area contributed by atoms with Crippen molar-refractivity contribution in [1.29, 1.82) is 0 Å². The molecule has 0 heterocycles. The van der Waals surface area contributed by atoms with Gasteiger partial charge >= 0.3 is 5.97 Å². The van der Waals surface area contributed by atoms with E-state index in [0.29, 0.717) is 4.48 Å². The van der Waals surface area contributed by atoms with Crippen LogP contribution < -0.4 is 0 Å². The second-order valence-corrected chi connectivity index (χ2v) is 8.78. The average molecular weight is 329 g/mol. The van der Waals surface area contributed by atoms with Crippen LogP contribution in [0.3, 0.4) is 0 Å². The number of hydrogen-bond acceptors (Lipinski definition) is 1. The zero-order valence-electron chi connectivity index (χ0n) is 16.7. The van der Waals surface area contributed by atoms with Gasteiger partial charge in [0, 0.05) is 5.41 Å². The lowest BCUT2D eigenvalue weighted by Crippen LogP contribution is -2.57. The number of carboxylic acids is 1. The Morgan fingerprint density at radius 3 is 1.61 bits per heavy atom. The molecule has 3 nitrogen and oxygen atoms in total. The number of nitrogens with zero attached hydrogens (tertiary/aromatic N) is 1. The third-order valence-corrected chi connectivity index (χ3v) is 4.92. The standard InChI is InChI=1S/C20H41NO2/c1-7-8-9-10-11-12-13-14-15-16-17-20(2,3)18(19(22)23)21(4,5)6/h18H,7-17H2,1-6H3/p+1. The highest BCUT2D eigenvalue weighted by molar-refractivity contribution is 5.73. The number of rotatable bonds is 14. The van der Waals surface area contributed by atoms with Gasteiger partial charge in [-0.25, -0.2) is 4.79 Å². The topological polar surface area (TPSA) is 37.3 Å². The zero-order valence-corrected chi connectivity index (χ0v) is 16.7. The predicted octanol–water partition coefficient (Wildman–Crippen LogP) is 5.48. The third kappa shape index (κ3) is 10.0. The zero-order chi connectivity index (χ0) is 17.9. The normalized spacial score (nSPS) is 14.0. The van der Waals surface area contributed by atoms with E-state index in [-0.39, 0.29) is 11.5 Å². The minimum absolute atomic E-state index is 0.162. The highest BCUT2D eigenvalue weighted by Crippen LogP contribution is 2.33. The molecule has 138 valence electrons. The van der Waals surface area contributed by atoms with E-state index in [0.717, 1.165) is 12.8 Å². The van der Waals surface area contributed by atoms with E-state index in [1.165, 1.54) is 57.8 Å². The van der Waals surface area contributed by atoms with Crippen LogP contribution in [0.2, 0.25) is 0 Å². The maximum absolute atomic E-state index is 11.7. The van der Waals surface area contributed by atoms with Gasteiger partial charge in [0.25, 0.3) is 0 Å². The van der Waals surface area contributed by atoms with Crippen LogP contribution in [-0.2, 0) is 4.79 Å². The molecule has 0 aliphatic carbocycles. The molecule has 1 N–H and O–H groups in total. The molecular weight excluding hydrogens is 286 g/mol. The SMILES string of the molecule is CCCCCCCCCCCCC(C)(C)C(C(=O)O)[N+](C)(C)C. The fourth-order valence-electron chi connectivity index (χ4n) is 3.92. The lowest BCUT2D eigenvalue weighted by molar-refractivity contribution is -0.894. The molecule has 0 aliphatic heterocycles. The van der Waals surface area contributed by atoms with Crippen molar-refractivity contribution in [3.05, 3.63) is 0 Å². The molecule has 23 heavy (non-hydrogen) atoms. The third-order valence-electron chi connectivity index (χ3n) is 4.92. The summed E-state index contributed by atoms with van der Waals surface area (Å²) in [5.74, 6) is -0.672. The van der Waals surface area contributed by atoms with E-state index in [4.69, 9.17) is 0 Å². The Bertz CT molecular complexity index is 318. The van der Waals surface area contributed by atoms with Gasteiger partial charge in [0.05, 0.1) is 21.1 Å². The van der Waals surface area contributed by atoms with Crippen LogP contribution in [0.25, 0.3) is 0 Å². The van der Waals surface area contributed by atoms with E-state index in [9.17, 15) is 9.90 Å². The monoisotopic (exact) mass is 328 g/mol. The van der Waals surface area contributed by atoms with Crippen LogP contribution in [0, 0.1) is 5.41 Å². The fourth-order valence-corrected chi connectivity index (χ4v) is 3.92. The second-order valence-electron chi connectivity index (χ2n) is 8.78. The number of carboxylic acid groups (broad SMARTS) is 1. The molecule has 0 amide bonds. The molecule has 1 unspecified atom stereocenters. The summed E-state index contributed by atoms with van der Waals surface area (Å²) >= 11 is 0. The molecule has 0 saturated heterocycles. The molecule has 0 aliphatic rings. The molecule has 0 rings (SSSR count). The lowest BCUT2D eigenvalue weighted by Gasteiger charge is -2.41. The summed E-state index contributed by atoms with van der Waals surface area (Å²) in [5, 5.41) is 9.59. The van der Waals surface area contributed by atoms with Crippen molar-refractivity contribution in [1.82, 2.24) is 0 Å². The Morgan fingerprint density at radius 1 is 0.870 bits per heavy atom. The van der Waals surface area contributed by atoms with E-state index >= 15 is 0 Å². The van der Waals surface area contributed by atoms with Crippen LogP contribution in [0.5, 0.6) is 0 Å². The summed E-state index contributed by atoms with van der Waals surface area (Å²) < 4.78 is 0.486. The van der Waals surface area contributed by atoms with Crippen molar-refractivity contribution in [3.63, 3.8) is 0 Å². The van der Waals surface area contributed by atoms with E-state index in [1.54, 1.807) is 0 Å². The van der Waals surface area contributed by atoms with Crippen molar-refractivity contribution in [2.75, 3.05) is 21.1 Å². The Morgan fingerprint density at radius 2 is 1.26 bits per heavy atom. The van der Waals surface area contributed by atoms with Gasteiger partial charge in [0.1, 0.15) is 0 Å². The van der Waals surface area contributed by atoms with Gasteiger partial charge in [-0.15, -0.1) is 0 Å². The maximum atomic E-state index is 11.7. The number of unbranched alkanes of at least 4 members (excludes halogenated alkanes) is 9. The number of hydrogen-bond donors (Lipinski definition) is 1. The Labute approximate surface area is 145 Å². The molecule has 0 aromatic carbocycles. The average Bonchev–Trinajstić information content (AvgIpc) is 2.38. The van der Waals surface area contributed by atoms with Gasteiger partial charge in [-0.05, 0) is 6.42 Å². The smallest absolute Gasteiger partial charge is 0.363 e. The summed E-state index contributed by atoms with van der Waals surface area (Å²) in [4.78, 5) is 11.7. The van der Waals surface area contributed by atoms with Crippen LogP contribution in [0.1, 0.15) is 91.4 Å². The van der Waals surface area contributed by atoms with Gasteiger partial charge in [-0.1, -0.05) is 85.0 Å². The second kappa shape index (κ2) is 11.1. The van der Waals surface area contributed by atoms with Crippen LogP contribution >= 0.6 is 0 Å². The molecule has 0 saturated carbocycles. The van der Waals surface area contributed by atoms with Crippen molar-refractivity contribution >= 4 is 5.97 Å². The molecule has 0 aromatic rings. The van der Waals surface area contributed by atoms with Gasteiger partial charge in [-0.3, -0.25) is 0 Å². The van der Waals surface area contributed by atoms with Crippen LogP contribution in [-0.4, -0.2) is 42.7 Å². The first-order chi connectivity index (χ1) is 10.6. The molecule has 0 spiro atoms. The quantitative estimate of drug-likeness (QED) is 0.338. The van der Waals surface area contributed by atoms with E-state index in [1.807, 2.05) is 21.1 Å². The summed E-state index contributed by atoms with van der Waals surface area (Å²) in [5.41, 5.74) is -0.162. The molecule has 0 radical (unpaired) electrons. The van der Waals surface area contributed by atoms with Gasteiger partial charge in [0.2, 0.25) is 0 Å². The first-order valence-electron chi connectivity index (χ1n) is 9.67. The minimum atomic E-state index is -0.672. The van der Waals surface area contributed by atoms with Crippen molar-refractivity contribution < 1.29 is 14.4 Å². The first kappa shape index (κ1) is 22.4.